The molecule has 0 aliphatic heterocycles. The Bertz CT molecular complexity index is 947. The third-order valence-corrected chi connectivity index (χ3v) is 5.57. The second-order valence-corrected chi connectivity index (χ2v) is 7.86. The zero-order valence-electron chi connectivity index (χ0n) is 17.7. The Labute approximate surface area is 183 Å². The van der Waals surface area contributed by atoms with Crippen molar-refractivity contribution < 1.29 is 13.9 Å². The molecule has 1 heterocycles. The van der Waals surface area contributed by atoms with Crippen LogP contribution in [0.1, 0.15) is 73.0 Å². The molecule has 3 aromatic rings. The second-order valence-electron chi connectivity index (χ2n) is 7.42. The normalized spacial score (nSPS) is 12.9. The van der Waals surface area contributed by atoms with Crippen molar-refractivity contribution in [1.82, 2.24) is 5.32 Å². The smallest absolute Gasteiger partial charge is 0.287 e. The monoisotopic (exact) mass is 425 g/mol. The van der Waals surface area contributed by atoms with Gasteiger partial charge in [-0.05, 0) is 66.3 Å². The summed E-state index contributed by atoms with van der Waals surface area (Å²) < 4.78 is 11.3. The Morgan fingerprint density at radius 1 is 0.967 bits per heavy atom. The number of benzene rings is 2. The molecule has 5 heteroatoms. The van der Waals surface area contributed by atoms with Crippen molar-refractivity contribution in [2.45, 2.75) is 52.2 Å². The fourth-order valence-corrected chi connectivity index (χ4v) is 3.33. The molecule has 0 aliphatic rings. The van der Waals surface area contributed by atoms with Crippen LogP contribution >= 0.6 is 11.6 Å². The standard InChI is InChI=1S/C25H28ClNO3/c1-4-17(3)18-6-8-19(9-7-18)23(5-2)27-25(28)24-15-14-22(30-24)16-29-21-12-10-20(26)11-13-21/h6-15,17,23H,4-5,16H2,1-3H3,(H,27,28). The summed E-state index contributed by atoms with van der Waals surface area (Å²) >= 11 is 5.87. The molecule has 0 saturated heterocycles. The number of halogens is 1. The van der Waals surface area contributed by atoms with E-state index in [1.165, 1.54) is 5.56 Å². The van der Waals surface area contributed by atoms with Crippen molar-refractivity contribution >= 4 is 17.5 Å². The van der Waals surface area contributed by atoms with Crippen LogP contribution in [0, 0.1) is 0 Å². The van der Waals surface area contributed by atoms with E-state index in [4.69, 9.17) is 20.8 Å². The highest BCUT2D eigenvalue weighted by Gasteiger charge is 2.17. The van der Waals surface area contributed by atoms with Gasteiger partial charge in [-0.15, -0.1) is 0 Å². The first kappa shape index (κ1) is 22.0. The molecule has 2 aromatic carbocycles. The summed E-state index contributed by atoms with van der Waals surface area (Å²) in [5, 5.41) is 3.72. The van der Waals surface area contributed by atoms with Crippen LogP contribution in [0.2, 0.25) is 5.02 Å². The molecule has 0 spiro atoms. The molecular formula is C25H28ClNO3. The number of ether oxygens (including phenoxy) is 1. The van der Waals surface area contributed by atoms with E-state index < -0.39 is 0 Å². The van der Waals surface area contributed by atoms with Gasteiger partial charge in [0.25, 0.3) is 5.91 Å². The molecular weight excluding hydrogens is 398 g/mol. The second kappa shape index (κ2) is 10.4. The Morgan fingerprint density at radius 2 is 1.63 bits per heavy atom. The van der Waals surface area contributed by atoms with Crippen LogP contribution in [0.25, 0.3) is 0 Å². The number of hydrogen-bond acceptors (Lipinski definition) is 3. The molecule has 0 bridgehead atoms. The van der Waals surface area contributed by atoms with E-state index in [9.17, 15) is 4.79 Å². The average Bonchev–Trinajstić information content (AvgIpc) is 3.26. The number of amides is 1. The summed E-state index contributed by atoms with van der Waals surface area (Å²) in [6, 6.07) is 19.0. The third kappa shape index (κ3) is 5.67. The highest BCUT2D eigenvalue weighted by molar-refractivity contribution is 6.30. The van der Waals surface area contributed by atoms with Gasteiger partial charge >= 0.3 is 0 Å². The molecule has 2 atom stereocenters. The number of rotatable bonds is 9. The largest absolute Gasteiger partial charge is 0.486 e. The first-order valence-corrected chi connectivity index (χ1v) is 10.8. The SMILES string of the molecule is CCC(C)c1ccc(C(CC)NC(=O)c2ccc(COc3ccc(Cl)cc3)o2)cc1. The first-order chi connectivity index (χ1) is 14.5. The van der Waals surface area contributed by atoms with Gasteiger partial charge in [-0.2, -0.15) is 0 Å². The van der Waals surface area contributed by atoms with Crippen molar-refractivity contribution in [3.05, 3.63) is 88.3 Å². The molecule has 0 aliphatic carbocycles. The quantitative estimate of drug-likeness (QED) is 0.405. The molecule has 0 fully saturated rings. The van der Waals surface area contributed by atoms with Gasteiger partial charge in [-0.3, -0.25) is 4.79 Å². The van der Waals surface area contributed by atoms with Crippen molar-refractivity contribution in [3.8, 4) is 5.75 Å². The van der Waals surface area contributed by atoms with E-state index in [1.54, 1.807) is 36.4 Å². The minimum Gasteiger partial charge on any atom is -0.486 e. The summed E-state index contributed by atoms with van der Waals surface area (Å²) in [6.45, 7) is 6.70. The van der Waals surface area contributed by atoms with Crippen LogP contribution in [-0.4, -0.2) is 5.91 Å². The topological polar surface area (TPSA) is 51.5 Å². The first-order valence-electron chi connectivity index (χ1n) is 10.4. The third-order valence-electron chi connectivity index (χ3n) is 5.31. The maximum absolute atomic E-state index is 12.7. The molecule has 30 heavy (non-hydrogen) atoms. The Morgan fingerprint density at radius 3 is 2.27 bits per heavy atom. The number of nitrogens with one attached hydrogen (secondary N) is 1. The van der Waals surface area contributed by atoms with Crippen LogP contribution < -0.4 is 10.1 Å². The lowest BCUT2D eigenvalue weighted by Crippen LogP contribution is -2.27. The molecule has 2 unspecified atom stereocenters. The van der Waals surface area contributed by atoms with Crippen molar-refractivity contribution in [2.75, 3.05) is 0 Å². The van der Waals surface area contributed by atoms with Crippen molar-refractivity contribution in [3.63, 3.8) is 0 Å². The molecule has 1 aromatic heterocycles. The van der Waals surface area contributed by atoms with Crippen LogP contribution in [0.4, 0.5) is 0 Å². The van der Waals surface area contributed by atoms with Gasteiger partial charge in [-0.1, -0.05) is 56.6 Å². The molecule has 0 radical (unpaired) electrons. The summed E-state index contributed by atoms with van der Waals surface area (Å²) in [4.78, 5) is 12.7. The van der Waals surface area contributed by atoms with Crippen molar-refractivity contribution in [2.24, 2.45) is 0 Å². The van der Waals surface area contributed by atoms with Gasteiger partial charge < -0.3 is 14.5 Å². The fraction of sp³-hybridized carbons (Fsp3) is 0.320. The van der Waals surface area contributed by atoms with Crippen LogP contribution in [0.3, 0.4) is 0 Å². The predicted molar refractivity (Wildman–Crippen MR) is 120 cm³/mol. The molecule has 1 N–H and O–H groups in total. The molecule has 158 valence electrons. The lowest BCUT2D eigenvalue weighted by Gasteiger charge is -2.18. The van der Waals surface area contributed by atoms with Gasteiger partial charge in [0.15, 0.2) is 5.76 Å². The van der Waals surface area contributed by atoms with Crippen LogP contribution in [0.15, 0.2) is 65.1 Å². The average molecular weight is 426 g/mol. The summed E-state index contributed by atoms with van der Waals surface area (Å²) in [6.07, 6.45) is 1.90. The van der Waals surface area contributed by atoms with Crippen LogP contribution in [0.5, 0.6) is 5.75 Å². The molecule has 4 nitrogen and oxygen atoms in total. The summed E-state index contributed by atoms with van der Waals surface area (Å²) in [5.41, 5.74) is 2.41. The van der Waals surface area contributed by atoms with Gasteiger partial charge in [0.2, 0.25) is 0 Å². The number of furan rings is 1. The zero-order chi connectivity index (χ0) is 21.5. The van der Waals surface area contributed by atoms with Gasteiger partial charge in [0.1, 0.15) is 18.1 Å². The van der Waals surface area contributed by atoms with E-state index in [0.717, 1.165) is 18.4 Å². The summed E-state index contributed by atoms with van der Waals surface area (Å²) in [5.74, 6) is 1.85. The maximum atomic E-state index is 12.7. The lowest BCUT2D eigenvalue weighted by molar-refractivity contribution is 0.0903. The highest BCUT2D eigenvalue weighted by atomic mass is 35.5. The van der Waals surface area contributed by atoms with Gasteiger partial charge in [0.05, 0.1) is 6.04 Å². The Balaban J connectivity index is 1.59. The highest BCUT2D eigenvalue weighted by Crippen LogP contribution is 2.23. The minimum absolute atomic E-state index is 0.0673. The van der Waals surface area contributed by atoms with Crippen molar-refractivity contribution in [1.29, 1.82) is 0 Å². The van der Waals surface area contributed by atoms with E-state index in [0.29, 0.717) is 22.5 Å². The number of carbonyl (C=O) groups is 1. The maximum Gasteiger partial charge on any atom is 0.287 e. The van der Waals surface area contributed by atoms with E-state index in [1.807, 2.05) is 0 Å². The van der Waals surface area contributed by atoms with Gasteiger partial charge in [-0.25, -0.2) is 0 Å². The molecule has 1 amide bonds. The Hall–Kier alpha value is -2.72. The van der Waals surface area contributed by atoms with Crippen LogP contribution in [-0.2, 0) is 6.61 Å². The minimum atomic E-state index is -0.231. The fourth-order valence-electron chi connectivity index (χ4n) is 3.21. The van der Waals surface area contributed by atoms with Gasteiger partial charge in [0, 0.05) is 5.02 Å². The molecule has 3 rings (SSSR count). The van der Waals surface area contributed by atoms with E-state index in [-0.39, 0.29) is 24.3 Å². The zero-order valence-corrected chi connectivity index (χ0v) is 18.4. The molecule has 0 saturated carbocycles. The number of carbonyl (C=O) groups excluding carboxylic acids is 1. The Kier molecular flexibility index (Phi) is 7.58. The number of hydrogen-bond donors (Lipinski definition) is 1. The van der Waals surface area contributed by atoms with E-state index >= 15 is 0 Å². The van der Waals surface area contributed by atoms with E-state index in [2.05, 4.69) is 50.4 Å². The predicted octanol–water partition coefficient (Wildman–Crippen LogP) is 6.91. The summed E-state index contributed by atoms with van der Waals surface area (Å²) in [7, 11) is 0. The lowest BCUT2D eigenvalue weighted by atomic mass is 9.95.